The Balaban J connectivity index is 0.000000371. The molecule has 0 radical (unpaired) electrons. The number of hydrogen-bond acceptors (Lipinski definition) is 2. The molecule has 0 aliphatic carbocycles. The third-order valence-corrected chi connectivity index (χ3v) is 1.50. The van der Waals surface area contributed by atoms with Crippen molar-refractivity contribution in [3.05, 3.63) is 0 Å². The lowest BCUT2D eigenvalue weighted by atomic mass is 10.1. The van der Waals surface area contributed by atoms with E-state index in [2.05, 4.69) is 24.2 Å². The van der Waals surface area contributed by atoms with Gasteiger partial charge in [-0.05, 0) is 13.0 Å². The van der Waals surface area contributed by atoms with Crippen molar-refractivity contribution in [3.63, 3.8) is 0 Å². The SMILES string of the molecule is CC.CC1CNCN(C)C1. The average molecular weight is 144 g/mol. The predicted octanol–water partition coefficient (Wildman–Crippen LogP) is 1.14. The van der Waals surface area contributed by atoms with Gasteiger partial charge in [0, 0.05) is 19.8 Å². The highest BCUT2D eigenvalue weighted by molar-refractivity contribution is 4.65. The number of nitrogens with one attached hydrogen (secondary N) is 1. The predicted molar refractivity (Wildman–Crippen MR) is 46.0 cm³/mol. The fourth-order valence-electron chi connectivity index (χ4n) is 1.16. The van der Waals surface area contributed by atoms with Crippen molar-refractivity contribution in [1.82, 2.24) is 10.2 Å². The van der Waals surface area contributed by atoms with Crippen LogP contribution in [0.4, 0.5) is 0 Å². The highest BCUT2D eigenvalue weighted by atomic mass is 15.2. The van der Waals surface area contributed by atoms with Crippen LogP contribution in [0.5, 0.6) is 0 Å². The molecule has 0 spiro atoms. The fraction of sp³-hybridized carbons (Fsp3) is 1.00. The maximum atomic E-state index is 3.31. The largest absolute Gasteiger partial charge is 0.304 e. The van der Waals surface area contributed by atoms with Crippen molar-refractivity contribution < 1.29 is 0 Å². The minimum atomic E-state index is 0.828. The minimum absolute atomic E-state index is 0.828. The summed E-state index contributed by atoms with van der Waals surface area (Å²) in [6, 6.07) is 0. The molecule has 0 aromatic carbocycles. The zero-order valence-corrected chi connectivity index (χ0v) is 7.65. The van der Waals surface area contributed by atoms with Gasteiger partial charge in [0.05, 0.1) is 0 Å². The van der Waals surface area contributed by atoms with Gasteiger partial charge in [0.1, 0.15) is 0 Å². The normalized spacial score (nSPS) is 27.0. The van der Waals surface area contributed by atoms with Gasteiger partial charge in [0.15, 0.2) is 0 Å². The summed E-state index contributed by atoms with van der Waals surface area (Å²) in [5, 5.41) is 3.31. The highest BCUT2D eigenvalue weighted by Gasteiger charge is 2.10. The van der Waals surface area contributed by atoms with Crippen molar-refractivity contribution in [3.8, 4) is 0 Å². The van der Waals surface area contributed by atoms with Crippen molar-refractivity contribution in [2.75, 3.05) is 26.8 Å². The quantitative estimate of drug-likeness (QED) is 0.548. The molecule has 1 aliphatic rings. The first-order valence-corrected chi connectivity index (χ1v) is 4.18. The van der Waals surface area contributed by atoms with Gasteiger partial charge in [0.25, 0.3) is 0 Å². The Morgan fingerprint density at radius 1 is 1.40 bits per heavy atom. The summed E-state index contributed by atoms with van der Waals surface area (Å²) in [7, 11) is 2.14. The minimum Gasteiger partial charge on any atom is -0.304 e. The molecule has 0 bridgehead atoms. The summed E-state index contributed by atoms with van der Waals surface area (Å²) in [6.07, 6.45) is 0. The van der Waals surface area contributed by atoms with Crippen molar-refractivity contribution in [2.45, 2.75) is 20.8 Å². The van der Waals surface area contributed by atoms with Crippen LogP contribution in [-0.2, 0) is 0 Å². The molecule has 2 nitrogen and oxygen atoms in total. The van der Waals surface area contributed by atoms with Crippen molar-refractivity contribution in [1.29, 1.82) is 0 Å². The van der Waals surface area contributed by atoms with E-state index in [9.17, 15) is 0 Å². The Bertz CT molecular complexity index is 65.7. The van der Waals surface area contributed by atoms with Crippen LogP contribution in [0.1, 0.15) is 20.8 Å². The molecule has 1 heterocycles. The van der Waals surface area contributed by atoms with Crippen LogP contribution < -0.4 is 5.32 Å². The Hall–Kier alpha value is -0.0800. The molecular weight excluding hydrogens is 124 g/mol. The van der Waals surface area contributed by atoms with E-state index in [1.807, 2.05) is 13.8 Å². The number of rotatable bonds is 0. The molecule has 1 fully saturated rings. The number of hydrogen-bond donors (Lipinski definition) is 1. The summed E-state index contributed by atoms with van der Waals surface area (Å²) in [5.74, 6) is 0.828. The summed E-state index contributed by atoms with van der Waals surface area (Å²) in [6.45, 7) is 9.75. The van der Waals surface area contributed by atoms with E-state index in [4.69, 9.17) is 0 Å². The first-order chi connectivity index (χ1) is 4.79. The Kier molecular flexibility index (Phi) is 5.64. The van der Waals surface area contributed by atoms with Crippen molar-refractivity contribution in [2.24, 2.45) is 5.92 Å². The molecule has 0 saturated carbocycles. The molecule has 1 atom stereocenters. The maximum absolute atomic E-state index is 3.31. The van der Waals surface area contributed by atoms with Crippen LogP contribution in [0, 0.1) is 5.92 Å². The van der Waals surface area contributed by atoms with Crippen LogP contribution in [0.15, 0.2) is 0 Å². The zero-order chi connectivity index (χ0) is 7.98. The van der Waals surface area contributed by atoms with Crippen LogP contribution in [0.25, 0.3) is 0 Å². The molecular formula is C8H20N2. The highest BCUT2D eigenvalue weighted by Crippen LogP contribution is 1.99. The van der Waals surface area contributed by atoms with Crippen molar-refractivity contribution >= 4 is 0 Å². The van der Waals surface area contributed by atoms with Gasteiger partial charge >= 0.3 is 0 Å². The molecule has 0 amide bonds. The lowest BCUT2D eigenvalue weighted by Crippen LogP contribution is -2.43. The topological polar surface area (TPSA) is 15.3 Å². The molecule has 1 aliphatic heterocycles. The smallest absolute Gasteiger partial charge is 0.0477 e. The van der Waals surface area contributed by atoms with Gasteiger partial charge in [-0.25, -0.2) is 0 Å². The summed E-state index contributed by atoms with van der Waals surface area (Å²) in [4.78, 5) is 2.30. The van der Waals surface area contributed by atoms with Crippen LogP contribution >= 0.6 is 0 Å². The summed E-state index contributed by atoms with van der Waals surface area (Å²) < 4.78 is 0. The lowest BCUT2D eigenvalue weighted by molar-refractivity contribution is 0.212. The van der Waals surface area contributed by atoms with Crippen LogP contribution in [0.3, 0.4) is 0 Å². The van der Waals surface area contributed by atoms with E-state index in [1.165, 1.54) is 13.1 Å². The van der Waals surface area contributed by atoms with Crippen LogP contribution in [-0.4, -0.2) is 31.7 Å². The van der Waals surface area contributed by atoms with E-state index in [-0.39, 0.29) is 0 Å². The Labute approximate surface area is 64.6 Å². The molecule has 1 N–H and O–H groups in total. The monoisotopic (exact) mass is 144 g/mol. The zero-order valence-electron chi connectivity index (χ0n) is 7.65. The molecule has 0 aromatic heterocycles. The van der Waals surface area contributed by atoms with E-state index >= 15 is 0 Å². The Morgan fingerprint density at radius 3 is 2.30 bits per heavy atom. The lowest BCUT2D eigenvalue weighted by Gasteiger charge is -2.27. The number of nitrogens with zero attached hydrogens (tertiary/aromatic N) is 1. The first-order valence-electron chi connectivity index (χ1n) is 4.18. The van der Waals surface area contributed by atoms with Gasteiger partial charge < -0.3 is 5.32 Å². The molecule has 1 unspecified atom stereocenters. The third-order valence-electron chi connectivity index (χ3n) is 1.50. The standard InChI is InChI=1S/C6H14N2.C2H6/c1-6-3-7-5-8(2)4-6;1-2/h6-7H,3-5H2,1-2H3;1-2H3. The molecule has 62 valence electrons. The second-order valence-electron chi connectivity index (χ2n) is 2.76. The fourth-order valence-corrected chi connectivity index (χ4v) is 1.16. The summed E-state index contributed by atoms with van der Waals surface area (Å²) >= 11 is 0. The van der Waals surface area contributed by atoms with Gasteiger partial charge in [-0.15, -0.1) is 0 Å². The molecule has 10 heavy (non-hydrogen) atoms. The second-order valence-corrected chi connectivity index (χ2v) is 2.76. The second kappa shape index (κ2) is 5.69. The molecule has 0 aromatic rings. The molecule has 1 rings (SSSR count). The first kappa shape index (κ1) is 9.92. The maximum Gasteiger partial charge on any atom is 0.0477 e. The van der Waals surface area contributed by atoms with Crippen LogP contribution in [0.2, 0.25) is 0 Å². The van der Waals surface area contributed by atoms with E-state index < -0.39 is 0 Å². The van der Waals surface area contributed by atoms with E-state index in [0.29, 0.717) is 0 Å². The van der Waals surface area contributed by atoms with Gasteiger partial charge in [-0.1, -0.05) is 20.8 Å². The van der Waals surface area contributed by atoms with Gasteiger partial charge in [-0.3, -0.25) is 4.90 Å². The molecule has 2 heteroatoms. The average Bonchev–Trinajstić information content (AvgIpc) is 1.91. The van der Waals surface area contributed by atoms with E-state index in [1.54, 1.807) is 0 Å². The van der Waals surface area contributed by atoms with Gasteiger partial charge in [-0.2, -0.15) is 0 Å². The Morgan fingerprint density at radius 2 is 2.00 bits per heavy atom. The van der Waals surface area contributed by atoms with Gasteiger partial charge in [0.2, 0.25) is 0 Å². The van der Waals surface area contributed by atoms with E-state index in [0.717, 1.165) is 12.6 Å². The summed E-state index contributed by atoms with van der Waals surface area (Å²) in [5.41, 5.74) is 0. The third kappa shape index (κ3) is 3.85. The molecule has 1 saturated heterocycles.